The average Bonchev–Trinajstić information content (AvgIpc) is 2.22. The van der Waals surface area contributed by atoms with Crippen LogP contribution in [0, 0.1) is 6.92 Å². The van der Waals surface area contributed by atoms with Gasteiger partial charge in [-0.1, -0.05) is 6.07 Å². The van der Waals surface area contributed by atoms with E-state index in [9.17, 15) is 0 Å². The van der Waals surface area contributed by atoms with E-state index < -0.39 is 0 Å². The van der Waals surface area contributed by atoms with E-state index in [4.69, 9.17) is 10.5 Å². The van der Waals surface area contributed by atoms with Crippen LogP contribution in [-0.4, -0.2) is 4.98 Å². The Balaban J connectivity index is 2.27. The summed E-state index contributed by atoms with van der Waals surface area (Å²) in [5.74, 6) is 1.28. The van der Waals surface area contributed by atoms with Gasteiger partial charge < -0.3 is 10.5 Å². The lowest BCUT2D eigenvalue weighted by molar-refractivity contribution is 0.459. The first kappa shape index (κ1) is 11.0. The summed E-state index contributed by atoms with van der Waals surface area (Å²) in [7, 11) is 0. The van der Waals surface area contributed by atoms with E-state index in [0.717, 1.165) is 10.0 Å². The lowest BCUT2D eigenvalue weighted by Gasteiger charge is -2.07. The summed E-state index contributed by atoms with van der Waals surface area (Å²) in [6.45, 7) is 1.94. The van der Waals surface area contributed by atoms with E-state index in [2.05, 4.69) is 20.9 Å². The molecule has 3 nitrogen and oxygen atoms in total. The second kappa shape index (κ2) is 4.53. The fourth-order valence-electron chi connectivity index (χ4n) is 1.32. The largest absolute Gasteiger partial charge is 0.439 e. The van der Waals surface area contributed by atoms with Gasteiger partial charge in [0.25, 0.3) is 0 Å². The highest BCUT2D eigenvalue weighted by Crippen LogP contribution is 2.25. The molecule has 82 valence electrons. The van der Waals surface area contributed by atoms with Crippen molar-refractivity contribution in [2.45, 2.75) is 6.92 Å². The first-order chi connectivity index (χ1) is 7.65. The van der Waals surface area contributed by atoms with Crippen LogP contribution in [0.2, 0.25) is 0 Å². The molecule has 2 rings (SSSR count). The van der Waals surface area contributed by atoms with Crippen LogP contribution in [0.4, 0.5) is 5.69 Å². The summed E-state index contributed by atoms with van der Waals surface area (Å²) in [6, 6.07) is 9.23. The van der Waals surface area contributed by atoms with Crippen molar-refractivity contribution in [2.24, 2.45) is 0 Å². The maximum Gasteiger partial charge on any atom is 0.222 e. The third kappa shape index (κ3) is 2.52. The van der Waals surface area contributed by atoms with Crippen molar-refractivity contribution in [3.05, 3.63) is 46.6 Å². The lowest BCUT2D eigenvalue weighted by Crippen LogP contribution is -1.92. The number of rotatable bonds is 2. The molecule has 0 spiro atoms. The van der Waals surface area contributed by atoms with Crippen molar-refractivity contribution in [2.75, 3.05) is 5.73 Å². The molecular formula is C12H11BrN2O. The van der Waals surface area contributed by atoms with Crippen LogP contribution >= 0.6 is 15.9 Å². The van der Waals surface area contributed by atoms with Crippen LogP contribution in [0.3, 0.4) is 0 Å². The van der Waals surface area contributed by atoms with E-state index in [1.54, 1.807) is 12.3 Å². The maximum atomic E-state index is 5.67. The summed E-state index contributed by atoms with van der Waals surface area (Å²) in [4.78, 5) is 4.19. The Hall–Kier alpha value is -1.55. The molecule has 0 saturated carbocycles. The number of nitrogens with zero attached hydrogens (tertiary/aromatic N) is 1. The van der Waals surface area contributed by atoms with E-state index >= 15 is 0 Å². The SMILES string of the molecule is Cc1cc(Br)cnc1Oc1cccc(N)c1. The van der Waals surface area contributed by atoms with Gasteiger partial charge in [-0.15, -0.1) is 0 Å². The minimum atomic E-state index is 0.591. The zero-order valence-electron chi connectivity index (χ0n) is 8.77. The van der Waals surface area contributed by atoms with Crippen molar-refractivity contribution >= 4 is 21.6 Å². The Morgan fingerprint density at radius 3 is 2.81 bits per heavy atom. The number of nitrogen functional groups attached to an aromatic ring is 1. The number of benzene rings is 1. The summed E-state index contributed by atoms with van der Waals surface area (Å²) < 4.78 is 6.57. The van der Waals surface area contributed by atoms with Crippen molar-refractivity contribution < 1.29 is 4.74 Å². The lowest BCUT2D eigenvalue weighted by atomic mass is 10.3. The highest BCUT2D eigenvalue weighted by Gasteiger charge is 2.03. The van der Waals surface area contributed by atoms with Gasteiger partial charge >= 0.3 is 0 Å². The summed E-state index contributed by atoms with van der Waals surface area (Å²) in [5.41, 5.74) is 7.31. The Bertz CT molecular complexity index is 514. The molecule has 0 aliphatic rings. The minimum absolute atomic E-state index is 0.591. The second-order valence-corrected chi connectivity index (χ2v) is 4.37. The number of nitrogens with two attached hydrogens (primary N) is 1. The van der Waals surface area contributed by atoms with Gasteiger partial charge in [0.05, 0.1) is 0 Å². The molecule has 0 atom stereocenters. The normalized spacial score (nSPS) is 10.1. The van der Waals surface area contributed by atoms with Crippen LogP contribution in [0.25, 0.3) is 0 Å². The predicted octanol–water partition coefficient (Wildman–Crippen LogP) is 3.53. The fourth-order valence-corrected chi connectivity index (χ4v) is 1.77. The van der Waals surface area contributed by atoms with E-state index in [-0.39, 0.29) is 0 Å². The Labute approximate surface area is 102 Å². The highest BCUT2D eigenvalue weighted by molar-refractivity contribution is 9.10. The van der Waals surface area contributed by atoms with Crippen LogP contribution in [0.5, 0.6) is 11.6 Å². The number of hydrogen-bond donors (Lipinski definition) is 1. The van der Waals surface area contributed by atoms with Crippen LogP contribution in [0.15, 0.2) is 41.0 Å². The van der Waals surface area contributed by atoms with Crippen molar-refractivity contribution in [1.82, 2.24) is 4.98 Å². The van der Waals surface area contributed by atoms with Crippen molar-refractivity contribution in [3.63, 3.8) is 0 Å². The molecular weight excluding hydrogens is 268 g/mol. The Kier molecular flexibility index (Phi) is 3.10. The number of ether oxygens (including phenoxy) is 1. The fraction of sp³-hybridized carbons (Fsp3) is 0.0833. The van der Waals surface area contributed by atoms with Gasteiger partial charge in [-0.05, 0) is 41.1 Å². The monoisotopic (exact) mass is 278 g/mol. The summed E-state index contributed by atoms with van der Waals surface area (Å²) >= 11 is 3.36. The van der Waals surface area contributed by atoms with Gasteiger partial charge in [0, 0.05) is 28.0 Å². The molecule has 1 heterocycles. The van der Waals surface area contributed by atoms with Crippen molar-refractivity contribution in [1.29, 1.82) is 0 Å². The van der Waals surface area contributed by atoms with Crippen LogP contribution < -0.4 is 10.5 Å². The Morgan fingerprint density at radius 1 is 1.31 bits per heavy atom. The zero-order valence-corrected chi connectivity index (χ0v) is 10.4. The molecule has 1 aromatic carbocycles. The molecule has 1 aromatic heterocycles. The maximum absolute atomic E-state index is 5.67. The smallest absolute Gasteiger partial charge is 0.222 e. The number of anilines is 1. The molecule has 0 bridgehead atoms. The molecule has 0 unspecified atom stereocenters. The van der Waals surface area contributed by atoms with Gasteiger partial charge in [0.2, 0.25) is 5.88 Å². The third-order valence-electron chi connectivity index (χ3n) is 2.07. The number of aromatic nitrogens is 1. The van der Waals surface area contributed by atoms with Crippen LogP contribution in [0.1, 0.15) is 5.56 Å². The topological polar surface area (TPSA) is 48.1 Å². The zero-order chi connectivity index (χ0) is 11.5. The molecule has 0 fully saturated rings. The highest BCUT2D eigenvalue weighted by atomic mass is 79.9. The van der Waals surface area contributed by atoms with Gasteiger partial charge in [-0.3, -0.25) is 0 Å². The average molecular weight is 279 g/mol. The number of aryl methyl sites for hydroxylation is 1. The molecule has 16 heavy (non-hydrogen) atoms. The van der Waals surface area contributed by atoms with Gasteiger partial charge in [0.1, 0.15) is 5.75 Å². The first-order valence-electron chi connectivity index (χ1n) is 4.81. The summed E-state index contributed by atoms with van der Waals surface area (Å²) in [5, 5.41) is 0. The number of pyridine rings is 1. The van der Waals surface area contributed by atoms with Gasteiger partial charge in [-0.25, -0.2) is 4.98 Å². The van der Waals surface area contributed by atoms with E-state index in [1.165, 1.54) is 0 Å². The van der Waals surface area contributed by atoms with E-state index in [0.29, 0.717) is 17.3 Å². The summed E-state index contributed by atoms with van der Waals surface area (Å²) in [6.07, 6.45) is 1.70. The Morgan fingerprint density at radius 2 is 2.12 bits per heavy atom. The van der Waals surface area contributed by atoms with E-state index in [1.807, 2.05) is 31.2 Å². The number of halogens is 1. The quantitative estimate of drug-likeness (QED) is 0.855. The molecule has 0 amide bonds. The molecule has 4 heteroatoms. The predicted molar refractivity (Wildman–Crippen MR) is 67.6 cm³/mol. The minimum Gasteiger partial charge on any atom is -0.439 e. The second-order valence-electron chi connectivity index (χ2n) is 3.45. The third-order valence-corrected chi connectivity index (χ3v) is 2.50. The standard InChI is InChI=1S/C12H11BrN2O/c1-8-5-9(13)7-15-12(8)16-11-4-2-3-10(14)6-11/h2-7H,14H2,1H3. The molecule has 0 saturated heterocycles. The number of hydrogen-bond acceptors (Lipinski definition) is 3. The molecule has 0 radical (unpaired) electrons. The van der Waals surface area contributed by atoms with Crippen molar-refractivity contribution in [3.8, 4) is 11.6 Å². The van der Waals surface area contributed by atoms with Crippen LogP contribution in [-0.2, 0) is 0 Å². The molecule has 2 aromatic rings. The first-order valence-corrected chi connectivity index (χ1v) is 5.60. The molecule has 2 N–H and O–H groups in total. The molecule has 0 aliphatic heterocycles. The van der Waals surface area contributed by atoms with Gasteiger partial charge in [0.15, 0.2) is 0 Å². The van der Waals surface area contributed by atoms with Gasteiger partial charge in [-0.2, -0.15) is 0 Å². The molecule has 0 aliphatic carbocycles.